The summed E-state index contributed by atoms with van der Waals surface area (Å²) in [5.74, 6) is -0.570. The van der Waals surface area contributed by atoms with E-state index in [2.05, 4.69) is 5.32 Å². The maximum absolute atomic E-state index is 13.8. The van der Waals surface area contributed by atoms with Gasteiger partial charge in [0.15, 0.2) is 0 Å². The van der Waals surface area contributed by atoms with E-state index in [-0.39, 0.29) is 24.1 Å². The fourth-order valence-corrected chi connectivity index (χ4v) is 2.76. The molecule has 6 heteroatoms. The average molecular weight is 331 g/mol. The van der Waals surface area contributed by atoms with Crippen molar-refractivity contribution in [3.05, 3.63) is 60.2 Å². The molecule has 0 radical (unpaired) electrons. The Hall–Kier alpha value is -2.63. The molecule has 4 nitrogen and oxygen atoms in total. The molecule has 2 aromatic carbocycles. The van der Waals surface area contributed by atoms with Crippen LogP contribution in [0.25, 0.3) is 0 Å². The second-order valence-corrected chi connectivity index (χ2v) is 5.68. The number of rotatable bonds is 4. The topological polar surface area (TPSA) is 35.6 Å². The second-order valence-electron chi connectivity index (χ2n) is 5.68. The van der Waals surface area contributed by atoms with Crippen molar-refractivity contribution in [2.24, 2.45) is 0 Å². The van der Waals surface area contributed by atoms with Gasteiger partial charge >= 0.3 is 0 Å². The van der Waals surface area contributed by atoms with Gasteiger partial charge in [-0.1, -0.05) is 12.1 Å². The molecule has 0 aliphatic carbocycles. The Balaban J connectivity index is 1.50. The van der Waals surface area contributed by atoms with Gasteiger partial charge in [-0.3, -0.25) is 4.79 Å². The van der Waals surface area contributed by atoms with Crippen molar-refractivity contribution in [3.63, 3.8) is 0 Å². The third-order valence-corrected chi connectivity index (χ3v) is 4.11. The number of carbonyl (C=O) groups is 1. The van der Waals surface area contributed by atoms with E-state index in [0.29, 0.717) is 37.6 Å². The van der Waals surface area contributed by atoms with Gasteiger partial charge in [0, 0.05) is 31.9 Å². The molecule has 126 valence electrons. The van der Waals surface area contributed by atoms with Gasteiger partial charge in [0.25, 0.3) is 0 Å². The number of hydrogen-bond acceptors (Lipinski definition) is 3. The van der Waals surface area contributed by atoms with Crippen molar-refractivity contribution < 1.29 is 13.6 Å². The number of halogens is 2. The fourth-order valence-electron chi connectivity index (χ4n) is 2.76. The number of piperazine rings is 1. The van der Waals surface area contributed by atoms with Crippen molar-refractivity contribution in [3.8, 4) is 0 Å². The molecule has 1 aliphatic heterocycles. The lowest BCUT2D eigenvalue weighted by Gasteiger charge is -2.36. The standard InChI is InChI=1S/C18H19F2N3O/c19-14-5-7-15(8-6-14)21-13-18(24)23-11-9-22(10-12-23)17-4-2-1-3-16(17)20/h1-8,21H,9-13H2. The lowest BCUT2D eigenvalue weighted by Crippen LogP contribution is -2.50. The Morgan fingerprint density at radius 3 is 2.29 bits per heavy atom. The maximum atomic E-state index is 13.8. The molecule has 1 fully saturated rings. The Morgan fingerprint density at radius 2 is 1.62 bits per heavy atom. The van der Waals surface area contributed by atoms with Crippen LogP contribution >= 0.6 is 0 Å². The summed E-state index contributed by atoms with van der Waals surface area (Å²) in [5, 5.41) is 2.99. The van der Waals surface area contributed by atoms with Crippen LogP contribution in [-0.4, -0.2) is 43.5 Å². The van der Waals surface area contributed by atoms with Gasteiger partial charge in [-0.15, -0.1) is 0 Å². The van der Waals surface area contributed by atoms with Gasteiger partial charge in [-0.2, -0.15) is 0 Å². The highest BCUT2D eigenvalue weighted by Gasteiger charge is 2.22. The average Bonchev–Trinajstić information content (AvgIpc) is 2.61. The molecule has 0 aromatic heterocycles. The smallest absolute Gasteiger partial charge is 0.241 e. The number of nitrogens with zero attached hydrogens (tertiary/aromatic N) is 2. The summed E-state index contributed by atoms with van der Waals surface area (Å²) in [5.41, 5.74) is 1.28. The van der Waals surface area contributed by atoms with Gasteiger partial charge in [-0.05, 0) is 36.4 Å². The third-order valence-electron chi connectivity index (χ3n) is 4.11. The SMILES string of the molecule is O=C(CNc1ccc(F)cc1)N1CCN(c2ccccc2F)CC1. The number of amides is 1. The molecule has 2 aromatic rings. The number of carbonyl (C=O) groups excluding carboxylic acids is 1. The fraction of sp³-hybridized carbons (Fsp3) is 0.278. The van der Waals surface area contributed by atoms with E-state index in [1.807, 2.05) is 11.0 Å². The van der Waals surface area contributed by atoms with E-state index in [1.165, 1.54) is 18.2 Å². The van der Waals surface area contributed by atoms with Crippen LogP contribution in [0.3, 0.4) is 0 Å². The minimum absolute atomic E-state index is 0.0208. The summed E-state index contributed by atoms with van der Waals surface area (Å²) in [6, 6.07) is 12.6. The number of hydrogen-bond donors (Lipinski definition) is 1. The number of para-hydroxylation sites is 1. The summed E-state index contributed by atoms with van der Waals surface area (Å²) >= 11 is 0. The van der Waals surface area contributed by atoms with Crippen molar-refractivity contribution in [1.29, 1.82) is 0 Å². The van der Waals surface area contributed by atoms with E-state index in [0.717, 1.165) is 0 Å². The Morgan fingerprint density at radius 1 is 0.958 bits per heavy atom. The molecule has 1 aliphatic rings. The largest absolute Gasteiger partial charge is 0.376 e. The molecule has 3 rings (SSSR count). The van der Waals surface area contributed by atoms with Gasteiger partial charge in [-0.25, -0.2) is 8.78 Å². The molecule has 0 spiro atoms. The van der Waals surface area contributed by atoms with Crippen LogP contribution in [0.5, 0.6) is 0 Å². The third kappa shape index (κ3) is 3.82. The summed E-state index contributed by atoms with van der Waals surface area (Å²) in [6.07, 6.45) is 0. The molecule has 24 heavy (non-hydrogen) atoms. The highest BCUT2D eigenvalue weighted by Crippen LogP contribution is 2.20. The predicted molar refractivity (Wildman–Crippen MR) is 90.1 cm³/mol. The summed E-state index contributed by atoms with van der Waals surface area (Å²) in [4.78, 5) is 16.0. The highest BCUT2D eigenvalue weighted by molar-refractivity contribution is 5.81. The first-order valence-electron chi connectivity index (χ1n) is 7.90. The molecule has 1 saturated heterocycles. The molecular formula is C18H19F2N3O. The van der Waals surface area contributed by atoms with Gasteiger partial charge in [0.1, 0.15) is 11.6 Å². The molecule has 0 unspecified atom stereocenters. The van der Waals surface area contributed by atoms with Crippen molar-refractivity contribution in [1.82, 2.24) is 4.90 Å². The first-order chi connectivity index (χ1) is 11.6. The van der Waals surface area contributed by atoms with Crippen LogP contribution < -0.4 is 10.2 Å². The molecule has 1 heterocycles. The van der Waals surface area contributed by atoms with Gasteiger partial charge in [0.05, 0.1) is 12.2 Å². The monoisotopic (exact) mass is 331 g/mol. The minimum Gasteiger partial charge on any atom is -0.376 e. The van der Waals surface area contributed by atoms with E-state index >= 15 is 0 Å². The van der Waals surface area contributed by atoms with Crippen LogP contribution in [0.15, 0.2) is 48.5 Å². The van der Waals surface area contributed by atoms with Crippen LogP contribution in [0.2, 0.25) is 0 Å². The van der Waals surface area contributed by atoms with Crippen LogP contribution in [0.1, 0.15) is 0 Å². The number of benzene rings is 2. The Kier molecular flexibility index (Phi) is 4.93. The second kappa shape index (κ2) is 7.29. The predicted octanol–water partition coefficient (Wildman–Crippen LogP) is 2.73. The zero-order valence-corrected chi connectivity index (χ0v) is 13.2. The molecule has 0 atom stereocenters. The normalized spacial score (nSPS) is 14.6. The maximum Gasteiger partial charge on any atom is 0.241 e. The van der Waals surface area contributed by atoms with Crippen LogP contribution in [-0.2, 0) is 4.79 Å². The lowest BCUT2D eigenvalue weighted by atomic mass is 10.2. The minimum atomic E-state index is -0.309. The van der Waals surface area contributed by atoms with Crippen molar-refractivity contribution in [2.75, 3.05) is 42.9 Å². The zero-order chi connectivity index (χ0) is 16.9. The number of nitrogens with one attached hydrogen (secondary N) is 1. The number of anilines is 2. The van der Waals surface area contributed by atoms with Crippen molar-refractivity contribution >= 4 is 17.3 Å². The zero-order valence-electron chi connectivity index (χ0n) is 13.2. The quantitative estimate of drug-likeness (QED) is 0.936. The molecule has 1 N–H and O–H groups in total. The van der Waals surface area contributed by atoms with E-state index in [9.17, 15) is 13.6 Å². The molecule has 0 bridgehead atoms. The first-order valence-corrected chi connectivity index (χ1v) is 7.90. The van der Waals surface area contributed by atoms with Gasteiger partial charge in [0.2, 0.25) is 5.91 Å². The molecule has 0 saturated carbocycles. The van der Waals surface area contributed by atoms with E-state index in [1.54, 1.807) is 29.2 Å². The van der Waals surface area contributed by atoms with Gasteiger partial charge < -0.3 is 15.1 Å². The molecular weight excluding hydrogens is 312 g/mol. The Bertz CT molecular complexity index is 698. The van der Waals surface area contributed by atoms with Crippen molar-refractivity contribution in [2.45, 2.75) is 0 Å². The van der Waals surface area contributed by atoms with E-state index in [4.69, 9.17) is 0 Å². The first kappa shape index (κ1) is 16.2. The molecule has 1 amide bonds. The lowest BCUT2D eigenvalue weighted by molar-refractivity contribution is -0.129. The summed E-state index contributed by atoms with van der Waals surface area (Å²) < 4.78 is 26.7. The highest BCUT2D eigenvalue weighted by atomic mass is 19.1. The van der Waals surface area contributed by atoms with Crippen LogP contribution in [0.4, 0.5) is 20.2 Å². The van der Waals surface area contributed by atoms with E-state index < -0.39 is 0 Å². The summed E-state index contributed by atoms with van der Waals surface area (Å²) in [6.45, 7) is 2.47. The Labute approximate surface area is 139 Å². The summed E-state index contributed by atoms with van der Waals surface area (Å²) in [7, 11) is 0. The van der Waals surface area contributed by atoms with Crippen LogP contribution in [0, 0.1) is 11.6 Å².